The smallest absolute Gasteiger partial charge is 0.241 e. The summed E-state index contributed by atoms with van der Waals surface area (Å²) in [5, 5.41) is 0. The molecule has 0 aromatic rings. The summed E-state index contributed by atoms with van der Waals surface area (Å²) in [5.74, 6) is 0. The van der Waals surface area contributed by atoms with E-state index in [2.05, 4.69) is 32.6 Å². The van der Waals surface area contributed by atoms with Gasteiger partial charge >= 0.3 is 0 Å². The van der Waals surface area contributed by atoms with Crippen LogP contribution in [0.25, 0.3) is 0 Å². The molecule has 0 atom stereocenters. The number of hydrogen-bond acceptors (Lipinski definition) is 1. The fourth-order valence-electron chi connectivity index (χ4n) is 1.01. The Hall–Kier alpha value is -0.243. The van der Waals surface area contributed by atoms with Crippen LogP contribution in [0.4, 0.5) is 0 Å². The van der Waals surface area contributed by atoms with Crippen LogP contribution >= 0.6 is 0 Å². The lowest BCUT2D eigenvalue weighted by molar-refractivity contribution is 0.476. The molecule has 0 aliphatic heterocycles. The largest absolute Gasteiger partial charge is 0.550 e. The lowest BCUT2D eigenvalue weighted by Crippen LogP contribution is -2.21. The number of unbranched alkanes of at least 4 members (excludes halogenated alkanes) is 4. The third-order valence-corrected chi connectivity index (χ3v) is 2.59. The van der Waals surface area contributed by atoms with Crippen molar-refractivity contribution < 1.29 is 4.43 Å². The van der Waals surface area contributed by atoms with Crippen molar-refractivity contribution in [3.05, 3.63) is 12.3 Å². The second kappa shape index (κ2) is 7.19. The Morgan fingerprint density at radius 2 is 1.77 bits per heavy atom. The Kier molecular flexibility index (Phi) is 7.05. The molecular formula is C11H24OSi. The average molecular weight is 200 g/mol. The first-order chi connectivity index (χ1) is 6.06. The van der Waals surface area contributed by atoms with Gasteiger partial charge in [-0.05, 0) is 32.5 Å². The Bertz CT molecular complexity index is 136. The summed E-state index contributed by atoms with van der Waals surface area (Å²) in [5.41, 5.74) is 0. The standard InChI is InChI=1S/C11H24OSi/c1-5-6-7-8-9-10-11-12-13(2,3)4/h10-11H,5-9H2,1-4H3/b11-10-. The van der Waals surface area contributed by atoms with Gasteiger partial charge in [0.15, 0.2) is 0 Å². The molecule has 0 saturated heterocycles. The lowest BCUT2D eigenvalue weighted by Gasteiger charge is -2.14. The SMILES string of the molecule is CCCCCC/C=C\O[Si](C)(C)C. The van der Waals surface area contributed by atoms with Crippen molar-refractivity contribution in [2.75, 3.05) is 0 Å². The van der Waals surface area contributed by atoms with Gasteiger partial charge in [-0.2, -0.15) is 0 Å². The Balaban J connectivity index is 3.22. The molecule has 0 N–H and O–H groups in total. The molecule has 0 heterocycles. The van der Waals surface area contributed by atoms with Gasteiger partial charge in [0, 0.05) is 0 Å². The molecule has 0 rings (SSSR count). The highest BCUT2D eigenvalue weighted by Crippen LogP contribution is 2.05. The highest BCUT2D eigenvalue weighted by molar-refractivity contribution is 6.69. The predicted molar refractivity (Wildman–Crippen MR) is 62.3 cm³/mol. The van der Waals surface area contributed by atoms with Crippen LogP contribution in [0, 0.1) is 0 Å². The number of allylic oxidation sites excluding steroid dienone is 1. The lowest BCUT2D eigenvalue weighted by atomic mass is 10.2. The van der Waals surface area contributed by atoms with E-state index in [4.69, 9.17) is 4.43 Å². The van der Waals surface area contributed by atoms with Crippen molar-refractivity contribution in [2.45, 2.75) is 58.7 Å². The van der Waals surface area contributed by atoms with E-state index in [1.165, 1.54) is 32.1 Å². The maximum absolute atomic E-state index is 5.59. The minimum Gasteiger partial charge on any atom is -0.550 e. The second-order valence-electron chi connectivity index (χ2n) is 4.45. The van der Waals surface area contributed by atoms with Crippen molar-refractivity contribution in [3.8, 4) is 0 Å². The second-order valence-corrected chi connectivity index (χ2v) is 8.91. The zero-order chi connectivity index (χ0) is 10.2. The summed E-state index contributed by atoms with van der Waals surface area (Å²) in [4.78, 5) is 0. The third kappa shape index (κ3) is 11.8. The summed E-state index contributed by atoms with van der Waals surface area (Å²) >= 11 is 0. The summed E-state index contributed by atoms with van der Waals surface area (Å²) in [6.45, 7) is 8.85. The van der Waals surface area contributed by atoms with Gasteiger partial charge < -0.3 is 4.43 Å². The first-order valence-corrected chi connectivity index (χ1v) is 8.80. The molecule has 0 spiro atoms. The van der Waals surface area contributed by atoms with Crippen molar-refractivity contribution in [1.29, 1.82) is 0 Å². The Morgan fingerprint density at radius 3 is 2.31 bits per heavy atom. The van der Waals surface area contributed by atoms with Crippen LogP contribution in [0.1, 0.15) is 39.0 Å². The van der Waals surface area contributed by atoms with E-state index in [0.717, 1.165) is 0 Å². The van der Waals surface area contributed by atoms with E-state index in [9.17, 15) is 0 Å². The molecule has 0 aromatic heterocycles. The highest BCUT2D eigenvalue weighted by Gasteiger charge is 2.12. The highest BCUT2D eigenvalue weighted by atomic mass is 28.4. The molecule has 2 heteroatoms. The first kappa shape index (κ1) is 12.8. The minimum absolute atomic E-state index is 1.17. The Morgan fingerprint density at radius 1 is 1.08 bits per heavy atom. The monoisotopic (exact) mass is 200 g/mol. The summed E-state index contributed by atoms with van der Waals surface area (Å²) in [7, 11) is -1.32. The Labute approximate surface area is 84.3 Å². The van der Waals surface area contributed by atoms with E-state index < -0.39 is 8.32 Å². The van der Waals surface area contributed by atoms with Gasteiger partial charge in [-0.25, -0.2) is 0 Å². The van der Waals surface area contributed by atoms with E-state index in [-0.39, 0.29) is 0 Å². The van der Waals surface area contributed by atoms with E-state index >= 15 is 0 Å². The number of hydrogen-bond donors (Lipinski definition) is 0. The van der Waals surface area contributed by atoms with E-state index in [1.807, 2.05) is 6.26 Å². The summed E-state index contributed by atoms with van der Waals surface area (Å²) < 4.78 is 5.59. The molecule has 0 radical (unpaired) electrons. The fraction of sp³-hybridized carbons (Fsp3) is 0.818. The van der Waals surface area contributed by atoms with Crippen LogP contribution in [0.3, 0.4) is 0 Å². The zero-order valence-corrected chi connectivity index (χ0v) is 10.6. The molecule has 0 amide bonds. The topological polar surface area (TPSA) is 9.23 Å². The molecule has 1 nitrogen and oxygen atoms in total. The fourth-order valence-corrected chi connectivity index (χ4v) is 1.51. The van der Waals surface area contributed by atoms with Gasteiger partial charge in [0.1, 0.15) is 0 Å². The summed E-state index contributed by atoms with van der Waals surface area (Å²) in [6, 6.07) is 0. The van der Waals surface area contributed by atoms with Crippen LogP contribution in [-0.2, 0) is 4.43 Å². The van der Waals surface area contributed by atoms with Gasteiger partial charge in [-0.15, -0.1) is 0 Å². The third-order valence-electron chi connectivity index (χ3n) is 1.74. The first-order valence-electron chi connectivity index (χ1n) is 5.39. The predicted octanol–water partition coefficient (Wildman–Crippen LogP) is 4.32. The molecule has 78 valence electrons. The van der Waals surface area contributed by atoms with Gasteiger partial charge in [-0.1, -0.05) is 32.3 Å². The van der Waals surface area contributed by atoms with Crippen LogP contribution in [0.2, 0.25) is 19.6 Å². The van der Waals surface area contributed by atoms with Crippen molar-refractivity contribution in [1.82, 2.24) is 0 Å². The molecule has 0 aliphatic rings. The van der Waals surface area contributed by atoms with Crippen LogP contribution in [0.5, 0.6) is 0 Å². The normalized spacial score (nSPS) is 12.3. The van der Waals surface area contributed by atoms with Crippen molar-refractivity contribution in [2.24, 2.45) is 0 Å². The quantitative estimate of drug-likeness (QED) is 0.338. The number of rotatable bonds is 7. The van der Waals surface area contributed by atoms with E-state index in [1.54, 1.807) is 0 Å². The molecule has 13 heavy (non-hydrogen) atoms. The molecule has 0 bridgehead atoms. The molecular weight excluding hydrogens is 176 g/mol. The molecule has 0 aliphatic carbocycles. The summed E-state index contributed by atoms with van der Waals surface area (Å²) in [6.07, 6.45) is 10.6. The van der Waals surface area contributed by atoms with Crippen molar-refractivity contribution >= 4 is 8.32 Å². The van der Waals surface area contributed by atoms with Crippen molar-refractivity contribution in [3.63, 3.8) is 0 Å². The minimum atomic E-state index is -1.32. The maximum atomic E-state index is 5.59. The molecule has 0 aromatic carbocycles. The van der Waals surface area contributed by atoms with E-state index in [0.29, 0.717) is 0 Å². The molecule has 0 fully saturated rings. The average Bonchev–Trinajstić information content (AvgIpc) is 2.01. The van der Waals surface area contributed by atoms with Crippen LogP contribution < -0.4 is 0 Å². The van der Waals surface area contributed by atoms with Gasteiger partial charge in [-0.3, -0.25) is 0 Å². The van der Waals surface area contributed by atoms with Crippen LogP contribution in [-0.4, -0.2) is 8.32 Å². The van der Waals surface area contributed by atoms with Gasteiger partial charge in [0.05, 0.1) is 6.26 Å². The molecule has 0 saturated carbocycles. The zero-order valence-electron chi connectivity index (χ0n) is 9.60. The molecule has 0 unspecified atom stereocenters. The van der Waals surface area contributed by atoms with Crippen LogP contribution in [0.15, 0.2) is 12.3 Å². The van der Waals surface area contributed by atoms with Gasteiger partial charge in [0.25, 0.3) is 0 Å². The van der Waals surface area contributed by atoms with Gasteiger partial charge in [0.2, 0.25) is 8.32 Å². The maximum Gasteiger partial charge on any atom is 0.241 e.